The number of alkyl halides is 2. The zero-order chi connectivity index (χ0) is 14.5. The van der Waals surface area contributed by atoms with Crippen LogP contribution in [-0.2, 0) is 9.47 Å². The van der Waals surface area contributed by atoms with E-state index in [-0.39, 0.29) is 18.0 Å². The Kier molecular flexibility index (Phi) is 5.08. The molecule has 0 bridgehead atoms. The molecule has 0 N–H and O–H groups in total. The van der Waals surface area contributed by atoms with Gasteiger partial charge in [0.2, 0.25) is 0 Å². The number of hydrogen-bond acceptors (Lipinski definition) is 5. The molecule has 1 fully saturated rings. The van der Waals surface area contributed by atoms with Crippen LogP contribution in [0.15, 0.2) is 18.3 Å². The summed E-state index contributed by atoms with van der Waals surface area (Å²) in [6.07, 6.45) is 1.33. The second-order valence-corrected chi connectivity index (χ2v) is 4.66. The molecule has 0 saturated carbocycles. The van der Waals surface area contributed by atoms with Crippen LogP contribution in [0, 0.1) is 0 Å². The lowest BCUT2D eigenvalue weighted by molar-refractivity contribution is -0.0514. The molecule has 2 heterocycles. The Hall–Kier alpha value is -1.47. The lowest BCUT2D eigenvalue weighted by Crippen LogP contribution is -2.48. The normalized spacial score (nSPS) is 23.1. The van der Waals surface area contributed by atoms with Gasteiger partial charge in [0.25, 0.3) is 0 Å². The molecular weight excluding hydrogens is 270 g/mol. The average Bonchev–Trinajstić information content (AvgIpc) is 2.38. The number of nitrogens with zero attached hydrogens (tertiary/aromatic N) is 2. The Morgan fingerprint density at radius 2 is 2.25 bits per heavy atom. The van der Waals surface area contributed by atoms with Crippen LogP contribution in [0.3, 0.4) is 0 Å². The molecule has 1 aromatic heterocycles. The molecule has 2 atom stereocenters. The summed E-state index contributed by atoms with van der Waals surface area (Å²) in [5.74, 6) is 0.765. The van der Waals surface area contributed by atoms with Crippen molar-refractivity contribution in [3.8, 4) is 5.75 Å². The number of methoxy groups -OCH3 is 1. The molecule has 0 spiro atoms. The average molecular weight is 288 g/mol. The number of aromatic nitrogens is 1. The van der Waals surface area contributed by atoms with E-state index in [4.69, 9.17) is 9.47 Å². The lowest BCUT2D eigenvalue weighted by atomic mass is 10.2. The first kappa shape index (κ1) is 14.9. The van der Waals surface area contributed by atoms with Crippen molar-refractivity contribution in [2.24, 2.45) is 0 Å². The zero-order valence-corrected chi connectivity index (χ0v) is 11.5. The highest BCUT2D eigenvalue weighted by molar-refractivity contribution is 5.41. The molecule has 1 saturated heterocycles. The van der Waals surface area contributed by atoms with Crippen LogP contribution in [0.1, 0.15) is 6.92 Å². The fourth-order valence-electron chi connectivity index (χ4n) is 2.24. The van der Waals surface area contributed by atoms with Gasteiger partial charge in [-0.3, -0.25) is 0 Å². The first-order valence-electron chi connectivity index (χ1n) is 6.38. The highest BCUT2D eigenvalue weighted by Gasteiger charge is 2.26. The number of hydrogen-bond donors (Lipinski definition) is 0. The van der Waals surface area contributed by atoms with Gasteiger partial charge in [0.1, 0.15) is 11.6 Å². The second kappa shape index (κ2) is 6.81. The highest BCUT2D eigenvalue weighted by atomic mass is 19.3. The molecule has 7 heteroatoms. The van der Waals surface area contributed by atoms with E-state index in [1.807, 2.05) is 11.8 Å². The maximum Gasteiger partial charge on any atom is 0.387 e. The molecule has 20 heavy (non-hydrogen) atoms. The van der Waals surface area contributed by atoms with Crippen molar-refractivity contribution in [2.75, 3.05) is 31.7 Å². The summed E-state index contributed by atoms with van der Waals surface area (Å²) < 4.78 is 39.3. The van der Waals surface area contributed by atoms with Crippen LogP contribution >= 0.6 is 0 Å². The van der Waals surface area contributed by atoms with E-state index in [1.54, 1.807) is 13.2 Å². The molecule has 0 aliphatic carbocycles. The summed E-state index contributed by atoms with van der Waals surface area (Å²) in [4.78, 5) is 6.20. The third-order valence-corrected chi connectivity index (χ3v) is 2.95. The fraction of sp³-hybridized carbons (Fsp3) is 0.615. The fourth-order valence-corrected chi connectivity index (χ4v) is 2.24. The molecule has 0 amide bonds. The van der Waals surface area contributed by atoms with Gasteiger partial charge in [0, 0.05) is 20.2 Å². The second-order valence-electron chi connectivity index (χ2n) is 4.66. The maximum absolute atomic E-state index is 12.1. The van der Waals surface area contributed by atoms with Gasteiger partial charge in [-0.1, -0.05) is 0 Å². The molecule has 1 aromatic rings. The molecule has 1 aliphatic rings. The Balaban J connectivity index is 2.02. The van der Waals surface area contributed by atoms with Crippen LogP contribution in [0.25, 0.3) is 0 Å². The van der Waals surface area contributed by atoms with Crippen LogP contribution in [-0.4, -0.2) is 50.6 Å². The monoisotopic (exact) mass is 288 g/mol. The summed E-state index contributed by atoms with van der Waals surface area (Å²) in [5.41, 5.74) is 0. The number of pyridine rings is 1. The SMILES string of the molecule is COCC1CN(c2ccc(OC(F)F)cn2)CC(C)O1. The summed E-state index contributed by atoms with van der Waals surface area (Å²) in [6, 6.07) is 3.15. The van der Waals surface area contributed by atoms with Gasteiger partial charge in [0.05, 0.1) is 25.0 Å². The van der Waals surface area contributed by atoms with Crippen molar-refractivity contribution in [2.45, 2.75) is 25.7 Å². The third-order valence-electron chi connectivity index (χ3n) is 2.95. The lowest BCUT2D eigenvalue weighted by Gasteiger charge is -2.37. The van der Waals surface area contributed by atoms with E-state index in [9.17, 15) is 8.78 Å². The molecule has 0 radical (unpaired) electrons. The number of anilines is 1. The molecule has 2 rings (SSSR count). The first-order chi connectivity index (χ1) is 9.58. The van der Waals surface area contributed by atoms with E-state index in [0.717, 1.165) is 0 Å². The van der Waals surface area contributed by atoms with Gasteiger partial charge < -0.3 is 19.1 Å². The smallest absolute Gasteiger partial charge is 0.387 e. The molecule has 0 aromatic carbocycles. The Labute approximate surface area is 116 Å². The molecular formula is C13H18F2N2O3. The van der Waals surface area contributed by atoms with Gasteiger partial charge in [-0.25, -0.2) is 4.98 Å². The Bertz CT molecular complexity index is 417. The maximum atomic E-state index is 12.1. The van der Waals surface area contributed by atoms with Crippen LogP contribution in [0.2, 0.25) is 0 Å². The zero-order valence-electron chi connectivity index (χ0n) is 11.5. The standard InChI is InChI=1S/C13H18F2N2O3/c1-9-6-17(7-11(19-9)8-18-2)12-4-3-10(5-16-12)20-13(14)15/h3-5,9,11,13H,6-8H2,1-2H3. The Morgan fingerprint density at radius 1 is 1.45 bits per heavy atom. The number of rotatable bonds is 5. The molecule has 112 valence electrons. The summed E-state index contributed by atoms with van der Waals surface area (Å²) in [5, 5.41) is 0. The van der Waals surface area contributed by atoms with Gasteiger partial charge in [-0.15, -0.1) is 0 Å². The minimum Gasteiger partial charge on any atom is -0.433 e. The summed E-state index contributed by atoms with van der Waals surface area (Å²) in [7, 11) is 1.63. The third kappa shape index (κ3) is 4.01. The predicted molar refractivity (Wildman–Crippen MR) is 69.3 cm³/mol. The van der Waals surface area contributed by atoms with Crippen molar-refractivity contribution in [3.63, 3.8) is 0 Å². The Morgan fingerprint density at radius 3 is 2.85 bits per heavy atom. The summed E-state index contributed by atoms with van der Waals surface area (Å²) >= 11 is 0. The van der Waals surface area contributed by atoms with Gasteiger partial charge in [-0.2, -0.15) is 8.78 Å². The van der Waals surface area contributed by atoms with E-state index >= 15 is 0 Å². The molecule has 5 nitrogen and oxygen atoms in total. The van der Waals surface area contributed by atoms with Gasteiger partial charge in [-0.05, 0) is 19.1 Å². The van der Waals surface area contributed by atoms with Crippen molar-refractivity contribution < 1.29 is 23.0 Å². The van der Waals surface area contributed by atoms with Crippen LogP contribution in [0.5, 0.6) is 5.75 Å². The quantitative estimate of drug-likeness (QED) is 0.828. The largest absolute Gasteiger partial charge is 0.433 e. The van der Waals surface area contributed by atoms with E-state index in [1.165, 1.54) is 12.3 Å². The number of halogens is 2. The summed E-state index contributed by atoms with van der Waals surface area (Å²) in [6.45, 7) is 0.996. The van der Waals surface area contributed by atoms with E-state index < -0.39 is 6.61 Å². The van der Waals surface area contributed by atoms with Gasteiger partial charge >= 0.3 is 6.61 Å². The molecule has 2 unspecified atom stereocenters. The van der Waals surface area contributed by atoms with Gasteiger partial charge in [0.15, 0.2) is 0 Å². The first-order valence-corrected chi connectivity index (χ1v) is 6.38. The van der Waals surface area contributed by atoms with Crippen molar-refractivity contribution in [1.29, 1.82) is 0 Å². The van der Waals surface area contributed by atoms with Crippen molar-refractivity contribution >= 4 is 5.82 Å². The van der Waals surface area contributed by atoms with E-state index in [2.05, 4.69) is 9.72 Å². The van der Waals surface area contributed by atoms with Crippen LogP contribution < -0.4 is 9.64 Å². The predicted octanol–water partition coefficient (Wildman–Crippen LogP) is 1.92. The van der Waals surface area contributed by atoms with E-state index in [0.29, 0.717) is 25.5 Å². The highest BCUT2D eigenvalue weighted by Crippen LogP contribution is 2.21. The topological polar surface area (TPSA) is 43.8 Å². The minimum absolute atomic E-state index is 0.0254. The van der Waals surface area contributed by atoms with Crippen molar-refractivity contribution in [3.05, 3.63) is 18.3 Å². The number of morpholine rings is 1. The van der Waals surface area contributed by atoms with Crippen LogP contribution in [0.4, 0.5) is 14.6 Å². The number of ether oxygens (including phenoxy) is 3. The van der Waals surface area contributed by atoms with Crippen molar-refractivity contribution in [1.82, 2.24) is 4.98 Å². The molecule has 1 aliphatic heterocycles. The minimum atomic E-state index is -2.84.